The van der Waals surface area contributed by atoms with Crippen LogP contribution in [0.5, 0.6) is 5.75 Å². The molecule has 0 saturated heterocycles. The molecule has 17 heavy (non-hydrogen) atoms. The lowest BCUT2D eigenvalue weighted by molar-refractivity contribution is 0.247. The number of hydrogen-bond acceptors (Lipinski definition) is 2. The summed E-state index contributed by atoms with van der Waals surface area (Å²) in [6.07, 6.45) is 7.80. The largest absolute Gasteiger partial charge is 0.491 e. The molecule has 1 fully saturated rings. The second kappa shape index (κ2) is 5.89. The fourth-order valence-corrected chi connectivity index (χ4v) is 2.46. The van der Waals surface area contributed by atoms with Gasteiger partial charge in [-0.2, -0.15) is 0 Å². The summed E-state index contributed by atoms with van der Waals surface area (Å²) in [6.45, 7) is 0.681. The molecule has 2 N–H and O–H groups in total. The van der Waals surface area contributed by atoms with E-state index in [0.717, 1.165) is 12.3 Å². The van der Waals surface area contributed by atoms with Gasteiger partial charge in [0.05, 0.1) is 12.3 Å². The Morgan fingerprint density at radius 3 is 2.71 bits per heavy atom. The van der Waals surface area contributed by atoms with Crippen molar-refractivity contribution in [3.8, 4) is 5.75 Å². The van der Waals surface area contributed by atoms with E-state index in [4.69, 9.17) is 10.5 Å². The van der Waals surface area contributed by atoms with Gasteiger partial charge < -0.3 is 10.5 Å². The fourth-order valence-electron chi connectivity index (χ4n) is 2.46. The highest BCUT2D eigenvalue weighted by Crippen LogP contribution is 2.27. The molecular formula is C14H20FNO. The topological polar surface area (TPSA) is 35.2 Å². The van der Waals surface area contributed by atoms with Crippen LogP contribution in [0.4, 0.5) is 10.1 Å². The number of nitrogen functional groups attached to an aromatic ring is 1. The summed E-state index contributed by atoms with van der Waals surface area (Å²) in [4.78, 5) is 0. The second-order valence-corrected chi connectivity index (χ2v) is 4.82. The summed E-state index contributed by atoms with van der Waals surface area (Å²) >= 11 is 0. The van der Waals surface area contributed by atoms with Crippen LogP contribution in [0.3, 0.4) is 0 Å². The summed E-state index contributed by atoms with van der Waals surface area (Å²) in [7, 11) is 0. The van der Waals surface area contributed by atoms with Crippen molar-refractivity contribution in [2.75, 3.05) is 12.3 Å². The van der Waals surface area contributed by atoms with E-state index in [-0.39, 0.29) is 5.82 Å². The van der Waals surface area contributed by atoms with E-state index in [1.165, 1.54) is 44.2 Å². The van der Waals surface area contributed by atoms with Crippen LogP contribution >= 0.6 is 0 Å². The van der Waals surface area contributed by atoms with Crippen molar-refractivity contribution >= 4 is 5.69 Å². The van der Waals surface area contributed by atoms with Crippen LogP contribution in [0, 0.1) is 11.7 Å². The summed E-state index contributed by atoms with van der Waals surface area (Å²) in [5.41, 5.74) is 6.06. The lowest BCUT2D eigenvalue weighted by atomic mass is 9.87. The molecule has 94 valence electrons. The molecule has 2 rings (SSSR count). The zero-order valence-electron chi connectivity index (χ0n) is 10.1. The smallest absolute Gasteiger partial charge is 0.142 e. The van der Waals surface area contributed by atoms with E-state index in [2.05, 4.69) is 0 Å². The molecule has 1 aromatic rings. The second-order valence-electron chi connectivity index (χ2n) is 4.82. The Bertz CT molecular complexity index is 361. The molecule has 0 spiro atoms. The van der Waals surface area contributed by atoms with Crippen molar-refractivity contribution in [2.24, 2.45) is 5.92 Å². The molecule has 0 heterocycles. The molecule has 1 aromatic carbocycles. The van der Waals surface area contributed by atoms with E-state index in [0.29, 0.717) is 18.0 Å². The van der Waals surface area contributed by atoms with Gasteiger partial charge in [-0.05, 0) is 24.5 Å². The maximum absolute atomic E-state index is 12.8. The maximum Gasteiger partial charge on any atom is 0.142 e. The van der Waals surface area contributed by atoms with Crippen LogP contribution in [0.2, 0.25) is 0 Å². The predicted molar refractivity (Wildman–Crippen MR) is 67.5 cm³/mol. The van der Waals surface area contributed by atoms with E-state index < -0.39 is 0 Å². The number of benzene rings is 1. The lowest BCUT2D eigenvalue weighted by Gasteiger charge is -2.21. The molecule has 0 aromatic heterocycles. The predicted octanol–water partition coefficient (Wildman–Crippen LogP) is 3.76. The molecule has 2 nitrogen and oxygen atoms in total. The summed E-state index contributed by atoms with van der Waals surface area (Å²) < 4.78 is 18.4. The summed E-state index contributed by atoms with van der Waals surface area (Å²) in [5, 5.41) is 0. The first-order valence-electron chi connectivity index (χ1n) is 6.43. The highest BCUT2D eigenvalue weighted by atomic mass is 19.1. The first kappa shape index (κ1) is 12.2. The number of halogens is 1. The van der Waals surface area contributed by atoms with Gasteiger partial charge in [0.15, 0.2) is 0 Å². The van der Waals surface area contributed by atoms with Crippen molar-refractivity contribution in [3.05, 3.63) is 24.0 Å². The Labute approximate surface area is 102 Å². The summed E-state index contributed by atoms with van der Waals surface area (Å²) in [5.74, 6) is 1.08. The number of rotatable bonds is 4. The number of nitrogens with two attached hydrogens (primary N) is 1. The first-order valence-corrected chi connectivity index (χ1v) is 6.43. The van der Waals surface area contributed by atoms with Gasteiger partial charge in [-0.1, -0.05) is 32.1 Å². The average molecular weight is 237 g/mol. The van der Waals surface area contributed by atoms with Gasteiger partial charge in [0.25, 0.3) is 0 Å². The third-order valence-electron chi connectivity index (χ3n) is 3.48. The van der Waals surface area contributed by atoms with Crippen LogP contribution in [0.1, 0.15) is 38.5 Å². The molecule has 1 aliphatic rings. The molecule has 1 saturated carbocycles. The Hall–Kier alpha value is -1.25. The molecule has 0 aliphatic heterocycles. The fraction of sp³-hybridized carbons (Fsp3) is 0.571. The van der Waals surface area contributed by atoms with Crippen LogP contribution in [-0.2, 0) is 0 Å². The Morgan fingerprint density at radius 2 is 2.00 bits per heavy atom. The zero-order valence-corrected chi connectivity index (χ0v) is 10.1. The molecule has 3 heteroatoms. The number of hydrogen-bond donors (Lipinski definition) is 1. The van der Waals surface area contributed by atoms with Gasteiger partial charge in [0.2, 0.25) is 0 Å². The van der Waals surface area contributed by atoms with Crippen molar-refractivity contribution in [3.63, 3.8) is 0 Å². The van der Waals surface area contributed by atoms with E-state index in [1.54, 1.807) is 6.07 Å². The Kier molecular flexibility index (Phi) is 4.24. The number of anilines is 1. The summed E-state index contributed by atoms with van der Waals surface area (Å²) in [6, 6.07) is 4.29. The quantitative estimate of drug-likeness (QED) is 0.809. The van der Waals surface area contributed by atoms with Gasteiger partial charge in [-0.15, -0.1) is 0 Å². The van der Waals surface area contributed by atoms with Crippen LogP contribution in [-0.4, -0.2) is 6.61 Å². The molecule has 0 amide bonds. The van der Waals surface area contributed by atoms with E-state index >= 15 is 0 Å². The lowest BCUT2D eigenvalue weighted by Crippen LogP contribution is -2.11. The van der Waals surface area contributed by atoms with Gasteiger partial charge in [0, 0.05) is 6.07 Å². The molecule has 0 radical (unpaired) electrons. The Balaban J connectivity index is 1.77. The first-order chi connectivity index (χ1) is 8.25. The van der Waals surface area contributed by atoms with Crippen LogP contribution < -0.4 is 10.5 Å². The third kappa shape index (κ3) is 3.62. The van der Waals surface area contributed by atoms with Gasteiger partial charge >= 0.3 is 0 Å². The van der Waals surface area contributed by atoms with Gasteiger partial charge in [-0.3, -0.25) is 0 Å². The van der Waals surface area contributed by atoms with Crippen LogP contribution in [0.15, 0.2) is 18.2 Å². The third-order valence-corrected chi connectivity index (χ3v) is 3.48. The molecule has 1 aliphatic carbocycles. The normalized spacial score (nSPS) is 17.0. The maximum atomic E-state index is 12.8. The molecular weight excluding hydrogens is 217 g/mol. The van der Waals surface area contributed by atoms with Gasteiger partial charge in [-0.25, -0.2) is 4.39 Å². The molecule has 0 atom stereocenters. The minimum absolute atomic E-state index is 0.317. The van der Waals surface area contributed by atoms with Gasteiger partial charge in [0.1, 0.15) is 11.6 Å². The standard InChI is InChI=1S/C14H20FNO/c15-12-6-7-14(13(16)10-12)17-9-8-11-4-2-1-3-5-11/h6-7,10-11H,1-5,8-9,16H2. The minimum Gasteiger partial charge on any atom is -0.491 e. The molecule has 0 unspecified atom stereocenters. The SMILES string of the molecule is Nc1cc(F)ccc1OCCC1CCCCC1. The van der Waals surface area contributed by atoms with Crippen LogP contribution in [0.25, 0.3) is 0 Å². The van der Waals surface area contributed by atoms with E-state index in [1.807, 2.05) is 0 Å². The minimum atomic E-state index is -0.317. The van der Waals surface area contributed by atoms with Crippen molar-refractivity contribution < 1.29 is 9.13 Å². The Morgan fingerprint density at radius 1 is 1.24 bits per heavy atom. The van der Waals surface area contributed by atoms with Crippen molar-refractivity contribution in [2.45, 2.75) is 38.5 Å². The monoisotopic (exact) mass is 237 g/mol. The average Bonchev–Trinajstić information content (AvgIpc) is 2.33. The van der Waals surface area contributed by atoms with Crippen molar-refractivity contribution in [1.82, 2.24) is 0 Å². The molecule has 0 bridgehead atoms. The highest BCUT2D eigenvalue weighted by molar-refractivity contribution is 5.52. The highest BCUT2D eigenvalue weighted by Gasteiger charge is 2.13. The zero-order chi connectivity index (χ0) is 12.1. The van der Waals surface area contributed by atoms with Crippen molar-refractivity contribution in [1.29, 1.82) is 0 Å². The van der Waals surface area contributed by atoms with E-state index in [9.17, 15) is 4.39 Å². The number of ether oxygens (including phenoxy) is 1.